The zero-order valence-corrected chi connectivity index (χ0v) is 22.8. The highest BCUT2D eigenvalue weighted by atomic mass is 31.2. The third-order valence-electron chi connectivity index (χ3n) is 5.23. The standard InChI is InChI=1S/C23H33N4O11P/c1-5-12(2)20(22(32)26-18(23(33)34)11-19(25)30)27-21(31)17(24)10-15-6-8-16(9-7-15)38-39(35,36-13(3)28)37-14(4)29/h6-9,12,17-18,20H,5,10-11,24H2,1-4H3,(H2,25,30)(H,26,32)(H,27,31)(H,33,34)/t12-,17-,18-,20-/m0/s1. The van der Waals surface area contributed by atoms with Crippen LogP contribution in [0.25, 0.3) is 0 Å². The van der Waals surface area contributed by atoms with Gasteiger partial charge in [0.2, 0.25) is 17.7 Å². The largest absolute Gasteiger partial charge is 0.651 e. The Labute approximate surface area is 224 Å². The molecule has 0 saturated heterocycles. The molecule has 0 radical (unpaired) electrons. The predicted octanol–water partition coefficient (Wildman–Crippen LogP) is 0.145. The molecule has 0 fully saturated rings. The molecule has 0 spiro atoms. The fourth-order valence-corrected chi connectivity index (χ4v) is 4.28. The third kappa shape index (κ3) is 11.5. The van der Waals surface area contributed by atoms with Crippen molar-refractivity contribution in [3.05, 3.63) is 29.8 Å². The molecule has 216 valence electrons. The minimum Gasteiger partial charge on any atom is -0.480 e. The number of rotatable bonds is 15. The van der Waals surface area contributed by atoms with Crippen LogP contribution in [0.3, 0.4) is 0 Å². The van der Waals surface area contributed by atoms with Gasteiger partial charge >= 0.3 is 25.7 Å². The molecule has 1 rings (SSSR count). The van der Waals surface area contributed by atoms with E-state index in [9.17, 15) is 38.4 Å². The lowest BCUT2D eigenvalue weighted by atomic mass is 9.96. The number of hydrogen-bond acceptors (Lipinski definition) is 11. The van der Waals surface area contributed by atoms with E-state index in [1.54, 1.807) is 13.8 Å². The molecule has 0 unspecified atom stereocenters. The number of nitrogens with one attached hydrogen (secondary N) is 2. The summed E-state index contributed by atoms with van der Waals surface area (Å²) in [5.41, 5.74) is 11.6. The fourth-order valence-electron chi connectivity index (χ4n) is 3.16. The zero-order valence-electron chi connectivity index (χ0n) is 21.9. The van der Waals surface area contributed by atoms with Crippen molar-refractivity contribution in [2.45, 2.75) is 65.1 Å². The van der Waals surface area contributed by atoms with Crippen LogP contribution in [0.5, 0.6) is 5.75 Å². The number of primary amides is 1. The molecule has 15 nitrogen and oxygen atoms in total. The number of aliphatic carboxylic acids is 1. The van der Waals surface area contributed by atoms with Gasteiger partial charge in [0.1, 0.15) is 17.8 Å². The quantitative estimate of drug-likeness (QED) is 0.176. The van der Waals surface area contributed by atoms with E-state index in [1.165, 1.54) is 24.3 Å². The van der Waals surface area contributed by atoms with Crippen LogP contribution >= 0.6 is 7.82 Å². The molecule has 0 aliphatic rings. The maximum Gasteiger partial charge on any atom is 0.651 e. The lowest BCUT2D eigenvalue weighted by Crippen LogP contribution is -2.57. The van der Waals surface area contributed by atoms with Gasteiger partial charge in [0.05, 0.1) is 12.5 Å². The highest BCUT2D eigenvalue weighted by molar-refractivity contribution is 7.50. The van der Waals surface area contributed by atoms with Gasteiger partial charge in [-0.15, -0.1) is 0 Å². The second-order valence-corrected chi connectivity index (χ2v) is 10.0. The first kappa shape index (κ1) is 33.1. The summed E-state index contributed by atoms with van der Waals surface area (Å²) in [6.07, 6.45) is -0.183. The van der Waals surface area contributed by atoms with Crippen LogP contribution < -0.4 is 26.6 Å². The minimum absolute atomic E-state index is 0.00800. The molecule has 0 aromatic heterocycles. The molecule has 0 heterocycles. The van der Waals surface area contributed by atoms with Gasteiger partial charge in [-0.3, -0.25) is 24.0 Å². The van der Waals surface area contributed by atoms with Gasteiger partial charge in [-0.25, -0.2) is 4.79 Å². The number of phosphoric acid groups is 1. The van der Waals surface area contributed by atoms with Crippen LogP contribution in [0.1, 0.15) is 46.1 Å². The SMILES string of the molecule is CC[C@H](C)[C@H](NC(=O)[C@@H](N)Cc1ccc(OP(=O)(OC(C)=O)OC(C)=O)cc1)C(=O)N[C@@H](CC(N)=O)C(=O)O. The number of phosphoric ester groups is 1. The third-order valence-corrected chi connectivity index (χ3v) is 6.62. The first-order valence-electron chi connectivity index (χ1n) is 11.7. The van der Waals surface area contributed by atoms with Crippen molar-refractivity contribution in [1.29, 1.82) is 0 Å². The molecule has 0 bridgehead atoms. The Bertz CT molecular complexity index is 1110. The van der Waals surface area contributed by atoms with Gasteiger partial charge in [0, 0.05) is 13.8 Å². The second-order valence-electron chi connectivity index (χ2n) is 8.60. The molecule has 0 saturated carbocycles. The van der Waals surface area contributed by atoms with E-state index in [2.05, 4.69) is 19.7 Å². The summed E-state index contributed by atoms with van der Waals surface area (Å²) in [4.78, 5) is 70.4. The maximum atomic E-state index is 12.8. The van der Waals surface area contributed by atoms with Gasteiger partial charge in [0.15, 0.2) is 0 Å². The Morgan fingerprint density at radius 2 is 1.51 bits per heavy atom. The normalized spacial score (nSPS) is 14.1. The van der Waals surface area contributed by atoms with Crippen molar-refractivity contribution < 1.29 is 52.0 Å². The summed E-state index contributed by atoms with van der Waals surface area (Å²) in [7, 11) is -4.56. The zero-order chi connectivity index (χ0) is 29.9. The average Bonchev–Trinajstić information content (AvgIpc) is 2.80. The summed E-state index contributed by atoms with van der Waals surface area (Å²) >= 11 is 0. The lowest BCUT2D eigenvalue weighted by Gasteiger charge is -2.26. The minimum atomic E-state index is -4.56. The molecular weight excluding hydrogens is 539 g/mol. The molecule has 1 aromatic carbocycles. The molecule has 1 aromatic rings. The van der Waals surface area contributed by atoms with Gasteiger partial charge in [-0.2, -0.15) is 4.57 Å². The Hall–Kier alpha value is -3.97. The van der Waals surface area contributed by atoms with Crippen LogP contribution in [-0.4, -0.2) is 58.9 Å². The highest BCUT2D eigenvalue weighted by Gasteiger charge is 2.35. The van der Waals surface area contributed by atoms with Crippen molar-refractivity contribution in [1.82, 2.24) is 10.6 Å². The van der Waals surface area contributed by atoms with Crippen molar-refractivity contribution in [2.24, 2.45) is 17.4 Å². The molecule has 4 atom stereocenters. The molecule has 0 aliphatic carbocycles. The Morgan fingerprint density at radius 3 is 1.95 bits per heavy atom. The van der Waals surface area contributed by atoms with Gasteiger partial charge in [-0.05, 0) is 30.0 Å². The topological polar surface area (TPSA) is 244 Å². The number of carbonyl (C=O) groups is 6. The molecule has 3 amide bonds. The van der Waals surface area contributed by atoms with E-state index in [1.807, 2.05) is 0 Å². The fraction of sp³-hybridized carbons (Fsp3) is 0.478. The maximum absolute atomic E-state index is 12.8. The molecule has 0 aliphatic heterocycles. The Balaban J connectivity index is 2.91. The molecule has 7 N–H and O–H groups in total. The number of amides is 3. The number of hydrogen-bond donors (Lipinski definition) is 5. The van der Waals surface area contributed by atoms with E-state index >= 15 is 0 Å². The summed E-state index contributed by atoms with van der Waals surface area (Å²) in [5, 5.41) is 14.0. The van der Waals surface area contributed by atoms with Crippen LogP contribution in [0.15, 0.2) is 24.3 Å². The number of nitrogens with two attached hydrogens (primary N) is 2. The Morgan fingerprint density at radius 1 is 0.974 bits per heavy atom. The summed E-state index contributed by atoms with van der Waals surface area (Å²) in [6.45, 7) is 5.34. The highest BCUT2D eigenvalue weighted by Crippen LogP contribution is 2.49. The van der Waals surface area contributed by atoms with E-state index < -0.39 is 73.9 Å². The number of carboxylic acids is 1. The van der Waals surface area contributed by atoms with E-state index in [0.29, 0.717) is 12.0 Å². The summed E-state index contributed by atoms with van der Waals surface area (Å²) < 4.78 is 26.6. The molecular formula is C23H33N4O11P. The summed E-state index contributed by atoms with van der Waals surface area (Å²) in [5.74, 6) is -6.38. The van der Waals surface area contributed by atoms with Crippen LogP contribution in [0.2, 0.25) is 0 Å². The van der Waals surface area contributed by atoms with E-state index in [-0.39, 0.29) is 12.2 Å². The van der Waals surface area contributed by atoms with Gasteiger partial charge < -0.3 is 40.8 Å². The first-order chi connectivity index (χ1) is 18.1. The van der Waals surface area contributed by atoms with Crippen molar-refractivity contribution >= 4 is 43.5 Å². The Kier molecular flexibility index (Phi) is 12.6. The number of benzene rings is 1. The van der Waals surface area contributed by atoms with Crippen molar-refractivity contribution in [3.63, 3.8) is 0 Å². The number of carboxylic acid groups (broad SMARTS) is 1. The molecule has 16 heteroatoms. The van der Waals surface area contributed by atoms with Gasteiger partial charge in [0.25, 0.3) is 0 Å². The monoisotopic (exact) mass is 572 g/mol. The van der Waals surface area contributed by atoms with Gasteiger partial charge in [-0.1, -0.05) is 32.4 Å². The average molecular weight is 573 g/mol. The lowest BCUT2D eigenvalue weighted by molar-refractivity contribution is -0.144. The molecule has 39 heavy (non-hydrogen) atoms. The number of carbonyl (C=O) groups excluding carboxylic acids is 5. The van der Waals surface area contributed by atoms with E-state index in [4.69, 9.17) is 16.0 Å². The van der Waals surface area contributed by atoms with Crippen molar-refractivity contribution in [3.8, 4) is 5.75 Å². The van der Waals surface area contributed by atoms with Crippen LogP contribution in [-0.2, 0) is 48.8 Å². The van der Waals surface area contributed by atoms with Crippen molar-refractivity contribution in [2.75, 3.05) is 0 Å². The smallest absolute Gasteiger partial charge is 0.480 e. The van der Waals surface area contributed by atoms with Crippen LogP contribution in [0.4, 0.5) is 0 Å². The second kappa shape index (κ2) is 14.8. The summed E-state index contributed by atoms with van der Waals surface area (Å²) in [6, 6.07) is 1.73. The first-order valence-corrected chi connectivity index (χ1v) is 13.2. The predicted molar refractivity (Wildman–Crippen MR) is 135 cm³/mol. The van der Waals surface area contributed by atoms with E-state index in [0.717, 1.165) is 13.8 Å². The van der Waals surface area contributed by atoms with Crippen LogP contribution in [0, 0.1) is 5.92 Å².